The number of nitrogens with one attached hydrogen (secondary N) is 1. The molecule has 1 atom stereocenters. The fourth-order valence-electron chi connectivity index (χ4n) is 2.22. The van der Waals surface area contributed by atoms with Gasteiger partial charge in [-0.05, 0) is 30.0 Å². The maximum absolute atomic E-state index is 13.5. The Kier molecular flexibility index (Phi) is 4.87. The van der Waals surface area contributed by atoms with Crippen LogP contribution in [0, 0.1) is 15.9 Å². The summed E-state index contributed by atoms with van der Waals surface area (Å²) in [5, 5.41) is 13.8. The summed E-state index contributed by atoms with van der Waals surface area (Å²) in [5.74, 6) is -0.493. The minimum absolute atomic E-state index is 0.222. The Balaban J connectivity index is 1.98. The minimum atomic E-state index is -0.818. The molecule has 2 rings (SSSR count). The van der Waals surface area contributed by atoms with Gasteiger partial charge in [0.05, 0.1) is 4.92 Å². The number of benzene rings is 2. The van der Waals surface area contributed by atoms with Crippen molar-refractivity contribution in [2.75, 3.05) is 11.9 Å². The highest BCUT2D eigenvalue weighted by molar-refractivity contribution is 5.61. The Hall–Kier alpha value is -2.43. The van der Waals surface area contributed by atoms with Gasteiger partial charge in [-0.2, -0.15) is 4.39 Å². The topological polar surface area (TPSA) is 55.2 Å². The van der Waals surface area contributed by atoms with Crippen molar-refractivity contribution in [2.45, 2.75) is 19.3 Å². The lowest BCUT2D eigenvalue weighted by molar-refractivity contribution is -0.386. The van der Waals surface area contributed by atoms with Gasteiger partial charge in [-0.15, -0.1) is 0 Å². The summed E-state index contributed by atoms with van der Waals surface area (Å²) in [6.45, 7) is 2.64. The molecular formula is C16H17FN2O2. The van der Waals surface area contributed by atoms with Crippen LogP contribution in [0.5, 0.6) is 0 Å². The normalized spacial score (nSPS) is 11.9. The standard InChI is InChI=1S/C16H17FN2O2/c1-12(13-6-3-2-4-7-13)10-11-18-15-9-5-8-14(17)16(15)19(20)21/h2-9,12,18H,10-11H2,1H3. The smallest absolute Gasteiger partial charge is 0.327 e. The van der Waals surface area contributed by atoms with Crippen molar-refractivity contribution in [1.82, 2.24) is 0 Å². The number of para-hydroxylation sites is 1. The Morgan fingerprint density at radius 1 is 1.19 bits per heavy atom. The molecule has 0 heterocycles. The van der Waals surface area contributed by atoms with E-state index in [0.717, 1.165) is 12.5 Å². The molecule has 0 aliphatic heterocycles. The number of nitrogens with zero attached hydrogens (tertiary/aromatic N) is 1. The van der Waals surface area contributed by atoms with Gasteiger partial charge in [0.25, 0.3) is 0 Å². The Bertz CT molecular complexity index is 617. The van der Waals surface area contributed by atoms with Gasteiger partial charge in [-0.25, -0.2) is 0 Å². The molecular weight excluding hydrogens is 271 g/mol. The van der Waals surface area contributed by atoms with Crippen LogP contribution in [0.4, 0.5) is 15.8 Å². The molecule has 0 radical (unpaired) electrons. The molecule has 1 unspecified atom stereocenters. The van der Waals surface area contributed by atoms with Crippen LogP contribution in [0.25, 0.3) is 0 Å². The summed E-state index contributed by atoms with van der Waals surface area (Å²) in [4.78, 5) is 10.2. The van der Waals surface area contributed by atoms with Gasteiger partial charge in [-0.1, -0.05) is 43.3 Å². The number of hydrogen-bond acceptors (Lipinski definition) is 3. The highest BCUT2D eigenvalue weighted by Gasteiger charge is 2.19. The minimum Gasteiger partial charge on any atom is -0.379 e. The fraction of sp³-hybridized carbons (Fsp3) is 0.250. The predicted molar refractivity (Wildman–Crippen MR) is 81.0 cm³/mol. The third-order valence-corrected chi connectivity index (χ3v) is 3.43. The van der Waals surface area contributed by atoms with E-state index in [0.29, 0.717) is 12.5 Å². The second kappa shape index (κ2) is 6.83. The fourth-order valence-corrected chi connectivity index (χ4v) is 2.22. The summed E-state index contributed by atoms with van der Waals surface area (Å²) in [6, 6.07) is 14.1. The van der Waals surface area contributed by atoms with Gasteiger partial charge in [0.2, 0.25) is 5.82 Å². The average molecular weight is 288 g/mol. The maximum Gasteiger partial charge on any atom is 0.327 e. The largest absolute Gasteiger partial charge is 0.379 e. The predicted octanol–water partition coefficient (Wildman–Crippen LogP) is 4.34. The number of halogens is 1. The maximum atomic E-state index is 13.5. The molecule has 110 valence electrons. The molecule has 2 aromatic rings. The van der Waals surface area contributed by atoms with E-state index >= 15 is 0 Å². The molecule has 1 N–H and O–H groups in total. The monoisotopic (exact) mass is 288 g/mol. The van der Waals surface area contributed by atoms with Gasteiger partial charge >= 0.3 is 5.69 Å². The zero-order valence-corrected chi connectivity index (χ0v) is 11.8. The molecule has 2 aromatic carbocycles. The molecule has 0 aromatic heterocycles. The van der Waals surface area contributed by atoms with E-state index in [1.807, 2.05) is 18.2 Å². The summed E-state index contributed by atoms with van der Waals surface area (Å²) in [5.41, 5.74) is 0.943. The Labute approximate surface area is 122 Å². The number of nitro benzene ring substituents is 1. The van der Waals surface area contributed by atoms with E-state index in [-0.39, 0.29) is 5.69 Å². The van der Waals surface area contributed by atoms with Gasteiger partial charge in [0, 0.05) is 6.54 Å². The van der Waals surface area contributed by atoms with Crippen LogP contribution in [0.2, 0.25) is 0 Å². The van der Waals surface area contributed by atoms with Crippen LogP contribution in [-0.4, -0.2) is 11.5 Å². The highest BCUT2D eigenvalue weighted by Crippen LogP contribution is 2.27. The molecule has 0 saturated carbocycles. The van der Waals surface area contributed by atoms with Crippen molar-refractivity contribution < 1.29 is 9.31 Å². The highest BCUT2D eigenvalue weighted by atomic mass is 19.1. The van der Waals surface area contributed by atoms with Crippen LogP contribution >= 0.6 is 0 Å². The lowest BCUT2D eigenvalue weighted by Gasteiger charge is -2.13. The van der Waals surface area contributed by atoms with E-state index in [1.54, 1.807) is 0 Å². The summed E-state index contributed by atoms with van der Waals surface area (Å²) in [6.07, 6.45) is 0.803. The average Bonchev–Trinajstić information content (AvgIpc) is 2.47. The van der Waals surface area contributed by atoms with E-state index < -0.39 is 16.4 Å². The van der Waals surface area contributed by atoms with Gasteiger partial charge in [-0.3, -0.25) is 10.1 Å². The van der Waals surface area contributed by atoms with Gasteiger partial charge in [0.15, 0.2) is 0 Å². The van der Waals surface area contributed by atoms with Crippen molar-refractivity contribution in [3.05, 3.63) is 70.0 Å². The van der Waals surface area contributed by atoms with Crippen molar-refractivity contribution >= 4 is 11.4 Å². The van der Waals surface area contributed by atoms with E-state index in [4.69, 9.17) is 0 Å². The first kappa shape index (κ1) is 15.0. The van der Waals surface area contributed by atoms with Gasteiger partial charge < -0.3 is 5.32 Å². The second-order valence-corrected chi connectivity index (χ2v) is 4.92. The number of rotatable bonds is 6. The van der Waals surface area contributed by atoms with Crippen LogP contribution < -0.4 is 5.32 Å². The molecule has 0 spiro atoms. The summed E-state index contributed by atoms with van der Waals surface area (Å²) >= 11 is 0. The molecule has 0 saturated heterocycles. The van der Waals surface area contributed by atoms with Crippen LogP contribution in [0.3, 0.4) is 0 Å². The molecule has 0 bridgehead atoms. The van der Waals surface area contributed by atoms with Crippen LogP contribution in [-0.2, 0) is 0 Å². The van der Waals surface area contributed by atoms with E-state index in [2.05, 4.69) is 24.4 Å². The Morgan fingerprint density at radius 2 is 1.90 bits per heavy atom. The second-order valence-electron chi connectivity index (χ2n) is 4.92. The molecule has 0 amide bonds. The zero-order chi connectivity index (χ0) is 15.2. The van der Waals surface area contributed by atoms with E-state index in [1.165, 1.54) is 17.7 Å². The first-order chi connectivity index (χ1) is 10.1. The molecule has 4 nitrogen and oxygen atoms in total. The first-order valence-electron chi connectivity index (χ1n) is 6.81. The lowest BCUT2D eigenvalue weighted by atomic mass is 9.98. The first-order valence-corrected chi connectivity index (χ1v) is 6.81. The quantitative estimate of drug-likeness (QED) is 0.635. The molecule has 0 aliphatic rings. The molecule has 0 aliphatic carbocycles. The van der Waals surface area contributed by atoms with Crippen LogP contribution in [0.15, 0.2) is 48.5 Å². The number of nitro groups is 1. The summed E-state index contributed by atoms with van der Waals surface area (Å²) in [7, 11) is 0. The zero-order valence-electron chi connectivity index (χ0n) is 11.8. The van der Waals surface area contributed by atoms with Crippen molar-refractivity contribution in [3.63, 3.8) is 0 Å². The van der Waals surface area contributed by atoms with E-state index in [9.17, 15) is 14.5 Å². The molecule has 5 heteroatoms. The SMILES string of the molecule is CC(CCNc1cccc(F)c1[N+](=O)[O-])c1ccccc1. The number of anilines is 1. The molecule has 0 fully saturated rings. The summed E-state index contributed by atoms with van der Waals surface area (Å²) < 4.78 is 13.5. The third-order valence-electron chi connectivity index (χ3n) is 3.43. The van der Waals surface area contributed by atoms with Crippen molar-refractivity contribution in [2.24, 2.45) is 0 Å². The number of hydrogen-bond donors (Lipinski definition) is 1. The van der Waals surface area contributed by atoms with Gasteiger partial charge in [0.1, 0.15) is 5.69 Å². The van der Waals surface area contributed by atoms with Crippen molar-refractivity contribution in [3.8, 4) is 0 Å². The van der Waals surface area contributed by atoms with Crippen molar-refractivity contribution in [1.29, 1.82) is 0 Å². The molecule has 21 heavy (non-hydrogen) atoms. The lowest BCUT2D eigenvalue weighted by Crippen LogP contribution is -2.08. The van der Waals surface area contributed by atoms with Crippen LogP contribution in [0.1, 0.15) is 24.8 Å². The Morgan fingerprint density at radius 3 is 2.57 bits per heavy atom. The third kappa shape index (κ3) is 3.78.